The fourth-order valence-corrected chi connectivity index (χ4v) is 6.60. The van der Waals surface area contributed by atoms with Gasteiger partial charge in [-0.1, -0.05) is 24.6 Å². The van der Waals surface area contributed by atoms with E-state index >= 15 is 0 Å². The van der Waals surface area contributed by atoms with E-state index in [0.717, 1.165) is 20.7 Å². The second kappa shape index (κ2) is 11.9. The quantitative estimate of drug-likeness (QED) is 0.447. The van der Waals surface area contributed by atoms with Gasteiger partial charge in [-0.05, 0) is 55.3 Å². The maximum Gasteiger partial charge on any atom is 0.243 e. The average molecular weight is 537 g/mol. The highest BCUT2D eigenvalue weighted by atomic mass is 35.5. The molecule has 0 heterocycles. The van der Waals surface area contributed by atoms with Gasteiger partial charge in [-0.25, -0.2) is 21.2 Å². The smallest absolute Gasteiger partial charge is 0.243 e. The second-order valence-electron chi connectivity index (χ2n) is 8.05. The molecule has 0 amide bonds. The van der Waals surface area contributed by atoms with Crippen molar-refractivity contribution in [3.05, 3.63) is 59.4 Å². The number of rotatable bonds is 12. The van der Waals surface area contributed by atoms with E-state index in [2.05, 4.69) is 0 Å². The van der Waals surface area contributed by atoms with E-state index < -0.39 is 50.5 Å². The monoisotopic (exact) mass is 536 g/mol. The number of likely N-dealkylation sites (N-methyl/N-ethyl adjacent to an activating group) is 1. The molecule has 2 aromatic carbocycles. The molecule has 1 N–H and O–H groups in total. The van der Waals surface area contributed by atoms with E-state index in [0.29, 0.717) is 0 Å². The highest BCUT2D eigenvalue weighted by Gasteiger charge is 2.34. The van der Waals surface area contributed by atoms with Gasteiger partial charge in [0.2, 0.25) is 20.0 Å². The minimum atomic E-state index is -4.01. The molecule has 34 heavy (non-hydrogen) atoms. The lowest BCUT2D eigenvalue weighted by atomic mass is 10.0. The Balaban J connectivity index is 2.26. The Morgan fingerprint density at radius 1 is 1.00 bits per heavy atom. The second-order valence-corrected chi connectivity index (χ2v) is 12.4. The molecule has 2 aromatic rings. The van der Waals surface area contributed by atoms with E-state index in [1.54, 1.807) is 19.9 Å². The lowest BCUT2D eigenvalue weighted by molar-refractivity contribution is 0.0360. The minimum Gasteiger partial charge on any atom is -0.395 e. The number of hydrogen-bond donors (Lipinski definition) is 1. The molecule has 0 radical (unpaired) electrons. The van der Waals surface area contributed by atoms with Crippen LogP contribution in [0.4, 0.5) is 4.39 Å². The summed E-state index contributed by atoms with van der Waals surface area (Å²) in [4.78, 5) is -0.0876. The van der Waals surface area contributed by atoms with Crippen LogP contribution in [-0.2, 0) is 24.8 Å². The molecule has 0 fully saturated rings. The van der Waals surface area contributed by atoms with E-state index in [4.69, 9.17) is 16.3 Å². The Kier molecular flexibility index (Phi) is 10.0. The Hall–Kier alpha value is -1.60. The molecular formula is C22H30ClFN2O6S2. The number of halogens is 2. The number of aliphatic hydroxyl groups excluding tert-OH is 1. The Bertz CT molecular complexity index is 1160. The third-order valence-electron chi connectivity index (χ3n) is 5.52. The van der Waals surface area contributed by atoms with E-state index in [1.807, 2.05) is 0 Å². The van der Waals surface area contributed by atoms with Crippen LogP contribution in [0.5, 0.6) is 0 Å². The van der Waals surface area contributed by atoms with Gasteiger partial charge in [-0.2, -0.15) is 8.61 Å². The summed E-state index contributed by atoms with van der Waals surface area (Å²) in [5, 5.41) is 9.96. The molecule has 0 bridgehead atoms. The SMILES string of the molecule is CO[C@H](CN(C)S(=O)(=O)c1ccc(F)cc1)[C@@H](C)CN([C@H](C)CO)S(=O)(=O)c1cccc(Cl)c1. The van der Waals surface area contributed by atoms with Crippen LogP contribution >= 0.6 is 11.6 Å². The standard InChI is InChI=1S/C22H30ClFN2O6S2/c1-16(13-26(17(2)15-27)34(30,31)21-7-5-6-18(23)12-21)22(32-4)14-25(3)33(28,29)20-10-8-19(24)9-11-20/h5-12,16-17,22,27H,13-15H2,1-4H3/t16-,17+,22+/m0/s1. The third kappa shape index (κ3) is 6.75. The van der Waals surface area contributed by atoms with Gasteiger partial charge in [0, 0.05) is 38.3 Å². The van der Waals surface area contributed by atoms with E-state index in [9.17, 15) is 26.3 Å². The molecule has 2 rings (SSSR count). The van der Waals surface area contributed by atoms with Crippen molar-refractivity contribution in [2.45, 2.75) is 35.8 Å². The summed E-state index contributed by atoms with van der Waals surface area (Å²) in [6.07, 6.45) is -0.678. The molecule has 0 saturated carbocycles. The fraction of sp³-hybridized carbons (Fsp3) is 0.455. The van der Waals surface area contributed by atoms with Crippen molar-refractivity contribution in [2.24, 2.45) is 5.92 Å². The highest BCUT2D eigenvalue weighted by molar-refractivity contribution is 7.89. The summed E-state index contributed by atoms with van der Waals surface area (Å²) in [7, 11) is -5.15. The van der Waals surface area contributed by atoms with E-state index in [-0.39, 0.29) is 27.9 Å². The minimum absolute atomic E-state index is 0.0162. The maximum absolute atomic E-state index is 13.3. The molecule has 0 spiro atoms. The number of nitrogens with zero attached hydrogens (tertiary/aromatic N) is 2. The van der Waals surface area contributed by atoms with Gasteiger partial charge in [-0.3, -0.25) is 0 Å². The molecule has 0 aromatic heterocycles. The average Bonchev–Trinajstić information content (AvgIpc) is 2.80. The van der Waals surface area contributed by atoms with Gasteiger partial charge in [0.15, 0.2) is 0 Å². The van der Waals surface area contributed by atoms with Gasteiger partial charge in [0.25, 0.3) is 0 Å². The molecule has 8 nitrogen and oxygen atoms in total. The number of aliphatic hydroxyl groups is 1. The van der Waals surface area contributed by atoms with Crippen molar-refractivity contribution in [2.75, 3.05) is 33.9 Å². The molecule has 3 atom stereocenters. The van der Waals surface area contributed by atoms with E-state index in [1.165, 1.54) is 44.5 Å². The van der Waals surface area contributed by atoms with Crippen LogP contribution in [-0.4, -0.2) is 76.6 Å². The van der Waals surface area contributed by atoms with Crippen molar-refractivity contribution in [1.29, 1.82) is 0 Å². The fourth-order valence-electron chi connectivity index (χ4n) is 3.40. The van der Waals surface area contributed by atoms with Gasteiger partial charge < -0.3 is 9.84 Å². The molecule has 190 valence electrons. The van der Waals surface area contributed by atoms with Crippen molar-refractivity contribution in [1.82, 2.24) is 8.61 Å². The van der Waals surface area contributed by atoms with Gasteiger partial charge >= 0.3 is 0 Å². The molecule has 0 aliphatic rings. The van der Waals surface area contributed by atoms with Crippen LogP contribution in [0, 0.1) is 11.7 Å². The van der Waals surface area contributed by atoms with Gasteiger partial charge in [0.05, 0.1) is 22.5 Å². The number of hydrogen-bond acceptors (Lipinski definition) is 6. The predicted molar refractivity (Wildman–Crippen MR) is 128 cm³/mol. The van der Waals surface area contributed by atoms with Crippen molar-refractivity contribution < 1.29 is 31.1 Å². The Labute approximate surface area is 206 Å². The molecule has 0 unspecified atom stereocenters. The number of ether oxygens (including phenoxy) is 1. The van der Waals surface area contributed by atoms with Crippen LogP contribution in [0.2, 0.25) is 5.02 Å². The zero-order chi connectivity index (χ0) is 25.7. The zero-order valence-corrected chi connectivity index (χ0v) is 21.8. The lowest BCUT2D eigenvalue weighted by Crippen LogP contribution is -2.47. The first-order valence-electron chi connectivity index (χ1n) is 10.5. The zero-order valence-electron chi connectivity index (χ0n) is 19.4. The molecule has 0 saturated heterocycles. The first kappa shape index (κ1) is 28.6. The van der Waals surface area contributed by atoms with Crippen LogP contribution < -0.4 is 0 Å². The van der Waals surface area contributed by atoms with Crippen molar-refractivity contribution in [3.8, 4) is 0 Å². The predicted octanol–water partition coefficient (Wildman–Crippen LogP) is 2.82. The first-order valence-corrected chi connectivity index (χ1v) is 13.7. The number of benzene rings is 2. The lowest BCUT2D eigenvalue weighted by Gasteiger charge is -2.33. The van der Waals surface area contributed by atoms with Crippen LogP contribution in [0.1, 0.15) is 13.8 Å². The topological polar surface area (TPSA) is 104 Å². The van der Waals surface area contributed by atoms with Crippen molar-refractivity contribution >= 4 is 31.6 Å². The van der Waals surface area contributed by atoms with Crippen molar-refractivity contribution in [3.63, 3.8) is 0 Å². The van der Waals surface area contributed by atoms with Crippen LogP contribution in [0.25, 0.3) is 0 Å². The number of sulfonamides is 2. The highest BCUT2D eigenvalue weighted by Crippen LogP contribution is 2.24. The first-order chi connectivity index (χ1) is 15.8. The summed E-state index contributed by atoms with van der Waals surface area (Å²) in [6, 6.07) is 9.55. The summed E-state index contributed by atoms with van der Waals surface area (Å²) in [5.74, 6) is -1.01. The largest absolute Gasteiger partial charge is 0.395 e. The Morgan fingerprint density at radius 3 is 2.15 bits per heavy atom. The molecule has 0 aliphatic carbocycles. The van der Waals surface area contributed by atoms with Gasteiger partial charge in [0.1, 0.15) is 5.82 Å². The molecular weight excluding hydrogens is 507 g/mol. The summed E-state index contributed by atoms with van der Waals surface area (Å²) >= 11 is 5.97. The molecule has 0 aliphatic heterocycles. The van der Waals surface area contributed by atoms with Crippen LogP contribution in [0.3, 0.4) is 0 Å². The third-order valence-corrected chi connectivity index (χ3v) is 9.57. The Morgan fingerprint density at radius 2 is 1.62 bits per heavy atom. The summed E-state index contributed by atoms with van der Waals surface area (Å²) in [5.41, 5.74) is 0. The number of methoxy groups -OCH3 is 1. The van der Waals surface area contributed by atoms with Gasteiger partial charge in [-0.15, -0.1) is 0 Å². The maximum atomic E-state index is 13.3. The normalized spacial score (nSPS) is 15.4. The summed E-state index contributed by atoms with van der Waals surface area (Å²) in [6.45, 7) is 2.78. The molecule has 12 heteroatoms. The van der Waals surface area contributed by atoms with Crippen LogP contribution in [0.15, 0.2) is 58.3 Å². The summed E-state index contributed by atoms with van der Waals surface area (Å²) < 4.78 is 73.3.